The van der Waals surface area contributed by atoms with Crippen LogP contribution >= 0.6 is 0 Å². The van der Waals surface area contributed by atoms with Gasteiger partial charge in [0, 0.05) is 26.1 Å². The zero-order valence-electron chi connectivity index (χ0n) is 20.3. The number of nitrogens with one attached hydrogen (secondary N) is 2. The minimum absolute atomic E-state index is 0.0673. The van der Waals surface area contributed by atoms with E-state index < -0.39 is 11.4 Å². The molecule has 1 atom stereocenters. The van der Waals surface area contributed by atoms with Gasteiger partial charge in [-0.25, -0.2) is 4.98 Å². The lowest BCUT2D eigenvalue weighted by atomic mass is 9.93. The molecule has 0 aliphatic carbocycles. The number of aryl methyl sites for hydroxylation is 1. The van der Waals surface area contributed by atoms with Crippen LogP contribution in [0.5, 0.6) is 0 Å². The Morgan fingerprint density at radius 2 is 1.94 bits per heavy atom. The van der Waals surface area contributed by atoms with Crippen molar-refractivity contribution >= 4 is 17.7 Å². The number of benzene rings is 1. The van der Waals surface area contributed by atoms with Crippen LogP contribution in [0.15, 0.2) is 53.4 Å². The number of imidazole rings is 1. The van der Waals surface area contributed by atoms with E-state index in [0.29, 0.717) is 32.5 Å². The van der Waals surface area contributed by atoms with Crippen LogP contribution in [0.3, 0.4) is 0 Å². The third-order valence-corrected chi connectivity index (χ3v) is 6.32. The van der Waals surface area contributed by atoms with Crippen molar-refractivity contribution in [3.63, 3.8) is 0 Å². The van der Waals surface area contributed by atoms with Crippen LogP contribution < -0.4 is 10.6 Å². The first-order chi connectivity index (χ1) is 16.8. The smallest absolute Gasteiger partial charge is 0.273 e. The highest BCUT2D eigenvalue weighted by Crippen LogP contribution is 2.29. The number of fused-ring (bicyclic) bond motifs is 1. The van der Waals surface area contributed by atoms with Crippen LogP contribution in [-0.2, 0) is 24.3 Å². The summed E-state index contributed by atoms with van der Waals surface area (Å²) in [7, 11) is 0. The number of amides is 3. The third kappa shape index (κ3) is 4.99. The van der Waals surface area contributed by atoms with Crippen molar-refractivity contribution in [2.24, 2.45) is 0 Å². The Morgan fingerprint density at radius 1 is 1.17 bits per heavy atom. The molecule has 4 rings (SSSR count). The predicted molar refractivity (Wildman–Crippen MR) is 130 cm³/mol. The standard InChI is InChI=1S/C26H31N5O4/c1-4-13-31-24(33)22-21(23(32)27-12-11-20-6-5-14-35-20)29-17-30(22)16-26(31,3)25(34)28-15-19-9-7-18(2)8-10-19/h5-10,14,17H,4,11-13,15-16H2,1-3H3,(H,27,32)(H,28,34). The highest BCUT2D eigenvalue weighted by Gasteiger charge is 2.48. The monoisotopic (exact) mass is 477 g/mol. The van der Waals surface area contributed by atoms with Crippen molar-refractivity contribution in [1.82, 2.24) is 25.1 Å². The Bertz CT molecular complexity index is 1200. The molecule has 1 aromatic carbocycles. The number of rotatable bonds is 9. The summed E-state index contributed by atoms with van der Waals surface area (Å²) in [5.41, 5.74) is 1.29. The van der Waals surface area contributed by atoms with E-state index in [9.17, 15) is 14.4 Å². The van der Waals surface area contributed by atoms with E-state index in [1.165, 1.54) is 6.33 Å². The summed E-state index contributed by atoms with van der Waals surface area (Å²) in [5.74, 6) is -0.291. The summed E-state index contributed by atoms with van der Waals surface area (Å²) >= 11 is 0. The Morgan fingerprint density at radius 3 is 2.63 bits per heavy atom. The number of hydrogen-bond donors (Lipinski definition) is 2. The van der Waals surface area contributed by atoms with Crippen LogP contribution in [0.25, 0.3) is 0 Å². The molecule has 1 unspecified atom stereocenters. The van der Waals surface area contributed by atoms with Gasteiger partial charge in [-0.05, 0) is 38.0 Å². The van der Waals surface area contributed by atoms with E-state index in [1.807, 2.05) is 44.2 Å². The van der Waals surface area contributed by atoms with Gasteiger partial charge in [0.05, 0.1) is 19.1 Å². The maximum atomic E-state index is 13.6. The maximum absolute atomic E-state index is 13.6. The molecule has 1 aliphatic rings. The first kappa shape index (κ1) is 24.3. The molecule has 184 valence electrons. The number of furan rings is 1. The molecule has 2 aromatic heterocycles. The van der Waals surface area contributed by atoms with Gasteiger partial charge in [0.2, 0.25) is 5.91 Å². The van der Waals surface area contributed by atoms with E-state index in [1.54, 1.807) is 28.7 Å². The van der Waals surface area contributed by atoms with Crippen LogP contribution in [0.1, 0.15) is 58.1 Å². The van der Waals surface area contributed by atoms with Gasteiger partial charge in [-0.15, -0.1) is 0 Å². The molecule has 0 saturated heterocycles. The van der Waals surface area contributed by atoms with Crippen molar-refractivity contribution in [3.05, 3.63) is 77.3 Å². The lowest BCUT2D eigenvalue weighted by Gasteiger charge is -2.43. The molecule has 35 heavy (non-hydrogen) atoms. The Hall–Kier alpha value is -3.88. The van der Waals surface area contributed by atoms with Gasteiger partial charge in [-0.3, -0.25) is 14.4 Å². The molecule has 9 nitrogen and oxygen atoms in total. The van der Waals surface area contributed by atoms with Gasteiger partial charge in [0.25, 0.3) is 11.8 Å². The third-order valence-electron chi connectivity index (χ3n) is 6.32. The molecule has 0 fully saturated rings. The lowest BCUT2D eigenvalue weighted by Crippen LogP contribution is -2.64. The Labute approximate surface area is 204 Å². The fourth-order valence-electron chi connectivity index (χ4n) is 4.34. The number of aromatic nitrogens is 2. The summed E-state index contributed by atoms with van der Waals surface area (Å²) in [6.45, 7) is 7.03. The topological polar surface area (TPSA) is 109 Å². The van der Waals surface area contributed by atoms with Gasteiger partial charge < -0.3 is 24.5 Å². The highest BCUT2D eigenvalue weighted by molar-refractivity contribution is 6.07. The van der Waals surface area contributed by atoms with Crippen LogP contribution in [-0.4, -0.2) is 50.8 Å². The summed E-state index contributed by atoms with van der Waals surface area (Å²) in [4.78, 5) is 45.6. The number of carbonyl (C=O) groups is 3. The van der Waals surface area contributed by atoms with Crippen molar-refractivity contribution in [2.75, 3.05) is 13.1 Å². The summed E-state index contributed by atoms with van der Waals surface area (Å²) in [5, 5.41) is 5.79. The van der Waals surface area contributed by atoms with Gasteiger partial charge in [-0.1, -0.05) is 36.8 Å². The molecule has 3 amide bonds. The molecular formula is C26H31N5O4. The lowest BCUT2D eigenvalue weighted by molar-refractivity contribution is -0.133. The maximum Gasteiger partial charge on any atom is 0.273 e. The molecule has 9 heteroatoms. The summed E-state index contributed by atoms with van der Waals surface area (Å²) in [6, 6.07) is 11.6. The molecule has 3 heterocycles. The normalized spacial score (nSPS) is 17.2. The van der Waals surface area contributed by atoms with Crippen molar-refractivity contribution in [2.45, 2.75) is 52.2 Å². The number of hydrogen-bond acceptors (Lipinski definition) is 5. The zero-order chi connectivity index (χ0) is 25.0. The van der Waals surface area contributed by atoms with Gasteiger partial charge >= 0.3 is 0 Å². The first-order valence-electron chi connectivity index (χ1n) is 11.8. The average molecular weight is 478 g/mol. The second kappa shape index (κ2) is 10.2. The SMILES string of the molecule is CCCN1C(=O)c2c(C(=O)NCCc3ccco3)ncn2CC1(C)C(=O)NCc1ccc(C)cc1. The Balaban J connectivity index is 1.50. The van der Waals surface area contributed by atoms with Crippen LogP contribution in [0.4, 0.5) is 0 Å². The second-order valence-corrected chi connectivity index (χ2v) is 9.05. The molecule has 0 bridgehead atoms. The van der Waals surface area contributed by atoms with E-state index >= 15 is 0 Å². The van der Waals surface area contributed by atoms with Crippen molar-refractivity contribution in [3.8, 4) is 0 Å². The summed E-state index contributed by atoms with van der Waals surface area (Å²) < 4.78 is 6.90. The fourth-order valence-corrected chi connectivity index (χ4v) is 4.34. The quantitative estimate of drug-likeness (QED) is 0.493. The largest absolute Gasteiger partial charge is 0.469 e. The van der Waals surface area contributed by atoms with Gasteiger partial charge in [-0.2, -0.15) is 0 Å². The molecule has 0 spiro atoms. The number of carbonyl (C=O) groups excluding carboxylic acids is 3. The predicted octanol–water partition coefficient (Wildman–Crippen LogP) is 2.70. The second-order valence-electron chi connectivity index (χ2n) is 9.05. The van der Waals surface area contributed by atoms with E-state index in [0.717, 1.165) is 16.9 Å². The van der Waals surface area contributed by atoms with E-state index in [4.69, 9.17) is 4.42 Å². The van der Waals surface area contributed by atoms with Crippen molar-refractivity contribution < 1.29 is 18.8 Å². The highest BCUT2D eigenvalue weighted by atomic mass is 16.3. The summed E-state index contributed by atoms with van der Waals surface area (Å²) in [6.07, 6.45) is 4.25. The molecular weight excluding hydrogens is 446 g/mol. The molecule has 0 saturated carbocycles. The molecule has 3 aromatic rings. The fraction of sp³-hybridized carbons (Fsp3) is 0.385. The molecule has 0 radical (unpaired) electrons. The minimum Gasteiger partial charge on any atom is -0.469 e. The van der Waals surface area contributed by atoms with Crippen LogP contribution in [0.2, 0.25) is 0 Å². The zero-order valence-corrected chi connectivity index (χ0v) is 20.3. The van der Waals surface area contributed by atoms with E-state index in [-0.39, 0.29) is 29.7 Å². The van der Waals surface area contributed by atoms with Gasteiger partial charge in [0.15, 0.2) is 5.69 Å². The molecule has 2 N–H and O–H groups in total. The van der Waals surface area contributed by atoms with Crippen LogP contribution in [0, 0.1) is 6.92 Å². The number of nitrogens with zero attached hydrogens (tertiary/aromatic N) is 3. The van der Waals surface area contributed by atoms with Gasteiger partial charge in [0.1, 0.15) is 17.0 Å². The minimum atomic E-state index is -1.11. The first-order valence-corrected chi connectivity index (χ1v) is 11.8. The molecule has 1 aliphatic heterocycles. The van der Waals surface area contributed by atoms with E-state index in [2.05, 4.69) is 15.6 Å². The Kier molecular flexibility index (Phi) is 7.04. The average Bonchev–Trinajstić information content (AvgIpc) is 3.51. The van der Waals surface area contributed by atoms with Crippen molar-refractivity contribution in [1.29, 1.82) is 0 Å².